The summed E-state index contributed by atoms with van der Waals surface area (Å²) in [5.41, 5.74) is 5.28. The maximum Gasteiger partial charge on any atom is 0.0536 e. The molecular formula is C28H18S4. The van der Waals surface area contributed by atoms with E-state index in [1.165, 1.54) is 71.0 Å². The van der Waals surface area contributed by atoms with Gasteiger partial charge < -0.3 is 0 Å². The Balaban J connectivity index is 1.42. The number of aryl methyl sites for hydroxylation is 2. The van der Waals surface area contributed by atoms with Crippen LogP contribution in [-0.4, -0.2) is 0 Å². The highest BCUT2D eigenvalue weighted by Gasteiger charge is 2.16. The SMILES string of the molecule is Cc1cccc(-c2cc3sc4cc5sc6cc(-c7cccc(C)c7)sc6c5cc4c3s2)c1. The van der Waals surface area contributed by atoms with Crippen LogP contribution in [0, 0.1) is 13.8 Å². The van der Waals surface area contributed by atoms with Crippen LogP contribution in [-0.2, 0) is 0 Å². The Bertz CT molecular complexity index is 1670. The fraction of sp³-hybridized carbons (Fsp3) is 0.0714. The van der Waals surface area contributed by atoms with Gasteiger partial charge in [0.2, 0.25) is 0 Å². The van der Waals surface area contributed by atoms with Gasteiger partial charge in [0.1, 0.15) is 0 Å². The van der Waals surface area contributed by atoms with Crippen molar-refractivity contribution in [3.05, 3.63) is 83.9 Å². The van der Waals surface area contributed by atoms with Crippen LogP contribution in [0.4, 0.5) is 0 Å². The van der Waals surface area contributed by atoms with Gasteiger partial charge in [-0.15, -0.1) is 45.3 Å². The second-order valence-corrected chi connectivity index (χ2v) is 12.7. The van der Waals surface area contributed by atoms with E-state index in [9.17, 15) is 0 Å². The zero-order valence-corrected chi connectivity index (χ0v) is 20.8. The Morgan fingerprint density at radius 3 is 1.44 bits per heavy atom. The van der Waals surface area contributed by atoms with Crippen molar-refractivity contribution in [3.8, 4) is 20.9 Å². The Kier molecular flexibility index (Phi) is 4.16. The molecule has 0 saturated heterocycles. The van der Waals surface area contributed by atoms with Crippen molar-refractivity contribution in [2.75, 3.05) is 0 Å². The van der Waals surface area contributed by atoms with E-state index in [0.717, 1.165) is 0 Å². The molecule has 154 valence electrons. The maximum atomic E-state index is 2.45. The van der Waals surface area contributed by atoms with E-state index in [-0.39, 0.29) is 0 Å². The molecule has 0 aliphatic heterocycles. The average molecular weight is 483 g/mol. The minimum atomic E-state index is 1.31. The summed E-state index contributed by atoms with van der Waals surface area (Å²) in [6.45, 7) is 4.33. The monoisotopic (exact) mass is 482 g/mol. The van der Waals surface area contributed by atoms with Gasteiger partial charge in [-0.2, -0.15) is 0 Å². The number of hydrogen-bond acceptors (Lipinski definition) is 4. The lowest BCUT2D eigenvalue weighted by atomic mass is 10.1. The molecule has 0 atom stereocenters. The molecule has 0 N–H and O–H groups in total. The quantitative estimate of drug-likeness (QED) is 0.230. The molecule has 32 heavy (non-hydrogen) atoms. The molecule has 0 radical (unpaired) electrons. The smallest absolute Gasteiger partial charge is 0.0536 e. The van der Waals surface area contributed by atoms with Gasteiger partial charge in [-0.1, -0.05) is 59.7 Å². The molecule has 0 spiro atoms. The van der Waals surface area contributed by atoms with Gasteiger partial charge in [0, 0.05) is 39.3 Å². The number of benzene rings is 3. The first-order valence-electron chi connectivity index (χ1n) is 10.6. The first-order valence-corrected chi connectivity index (χ1v) is 13.9. The number of rotatable bonds is 2. The van der Waals surface area contributed by atoms with E-state index in [2.05, 4.69) is 86.6 Å². The molecule has 0 bridgehead atoms. The summed E-state index contributed by atoms with van der Waals surface area (Å²) in [5.74, 6) is 0. The molecule has 4 heterocycles. The second kappa shape index (κ2) is 7.00. The molecule has 4 heteroatoms. The number of thiophene rings is 4. The summed E-state index contributed by atoms with van der Waals surface area (Å²) in [5, 5.41) is 2.82. The average Bonchev–Trinajstić information content (AvgIpc) is 3.51. The fourth-order valence-electron chi connectivity index (χ4n) is 4.48. The van der Waals surface area contributed by atoms with Gasteiger partial charge in [0.25, 0.3) is 0 Å². The van der Waals surface area contributed by atoms with Crippen LogP contribution in [0.25, 0.3) is 59.9 Å². The van der Waals surface area contributed by atoms with E-state index in [1.54, 1.807) is 0 Å². The van der Waals surface area contributed by atoms with Gasteiger partial charge in [-0.3, -0.25) is 0 Å². The summed E-state index contributed by atoms with van der Waals surface area (Å²) < 4.78 is 8.48. The maximum absolute atomic E-state index is 2.45. The van der Waals surface area contributed by atoms with E-state index in [1.807, 2.05) is 45.3 Å². The molecule has 7 rings (SSSR count). The van der Waals surface area contributed by atoms with Crippen molar-refractivity contribution < 1.29 is 0 Å². The summed E-state index contributed by atoms with van der Waals surface area (Å²) in [6.07, 6.45) is 0. The van der Waals surface area contributed by atoms with Crippen LogP contribution in [0.15, 0.2) is 72.8 Å². The highest BCUT2D eigenvalue weighted by Crippen LogP contribution is 2.48. The summed E-state index contributed by atoms with van der Waals surface area (Å²) in [4.78, 5) is 2.73. The molecule has 0 amide bonds. The molecule has 0 unspecified atom stereocenters. The van der Waals surface area contributed by atoms with Crippen LogP contribution in [0.1, 0.15) is 11.1 Å². The Labute approximate surface area is 202 Å². The predicted octanol–water partition coefficient (Wildman–Crippen LogP) is 10.5. The van der Waals surface area contributed by atoms with E-state index < -0.39 is 0 Å². The summed E-state index contributed by atoms with van der Waals surface area (Å²) >= 11 is 7.73. The molecule has 3 aromatic carbocycles. The first kappa shape index (κ1) is 19.0. The summed E-state index contributed by atoms with van der Waals surface area (Å²) in [7, 11) is 0. The minimum Gasteiger partial charge on any atom is -0.134 e. The van der Waals surface area contributed by atoms with Crippen molar-refractivity contribution >= 4 is 84.3 Å². The second-order valence-electron chi connectivity index (χ2n) is 8.40. The molecule has 0 aliphatic carbocycles. The summed E-state index contributed by atoms with van der Waals surface area (Å²) in [6, 6.07) is 27.3. The van der Waals surface area contributed by atoms with Gasteiger partial charge in [-0.25, -0.2) is 0 Å². The Morgan fingerprint density at radius 2 is 0.969 bits per heavy atom. The molecule has 0 aliphatic rings. The van der Waals surface area contributed by atoms with Crippen LogP contribution in [0.5, 0.6) is 0 Å². The lowest BCUT2D eigenvalue weighted by molar-refractivity contribution is 1.48. The van der Waals surface area contributed by atoms with Crippen LogP contribution in [0.3, 0.4) is 0 Å². The predicted molar refractivity (Wildman–Crippen MR) is 148 cm³/mol. The highest BCUT2D eigenvalue weighted by molar-refractivity contribution is 7.35. The van der Waals surface area contributed by atoms with Crippen molar-refractivity contribution in [2.24, 2.45) is 0 Å². The molecular weight excluding hydrogens is 465 g/mol. The third-order valence-corrected chi connectivity index (χ3v) is 10.9. The largest absolute Gasteiger partial charge is 0.134 e. The number of fused-ring (bicyclic) bond motifs is 6. The molecule has 4 aromatic heterocycles. The van der Waals surface area contributed by atoms with Crippen molar-refractivity contribution in [1.29, 1.82) is 0 Å². The van der Waals surface area contributed by atoms with Crippen LogP contribution in [0.2, 0.25) is 0 Å². The Morgan fingerprint density at radius 1 is 0.469 bits per heavy atom. The third kappa shape index (κ3) is 2.91. The van der Waals surface area contributed by atoms with E-state index in [0.29, 0.717) is 0 Å². The molecule has 7 aromatic rings. The van der Waals surface area contributed by atoms with Crippen LogP contribution < -0.4 is 0 Å². The van der Waals surface area contributed by atoms with Gasteiger partial charge in [-0.05, 0) is 49.2 Å². The molecule has 0 nitrogen and oxygen atoms in total. The Hall–Kier alpha value is -2.50. The minimum absolute atomic E-state index is 1.31. The lowest BCUT2D eigenvalue weighted by Crippen LogP contribution is -1.74. The highest BCUT2D eigenvalue weighted by atomic mass is 32.1. The molecule has 0 saturated carbocycles. The topological polar surface area (TPSA) is 0 Å². The van der Waals surface area contributed by atoms with Gasteiger partial charge in [0.15, 0.2) is 0 Å². The number of hydrogen-bond donors (Lipinski definition) is 0. The van der Waals surface area contributed by atoms with Crippen molar-refractivity contribution in [3.63, 3.8) is 0 Å². The van der Waals surface area contributed by atoms with E-state index >= 15 is 0 Å². The normalized spacial score (nSPS) is 12.1. The van der Waals surface area contributed by atoms with Crippen LogP contribution >= 0.6 is 45.3 Å². The molecule has 0 fully saturated rings. The fourth-order valence-corrected chi connectivity index (χ4v) is 9.62. The zero-order chi connectivity index (χ0) is 21.4. The lowest BCUT2D eigenvalue weighted by Gasteiger charge is -1.99. The van der Waals surface area contributed by atoms with E-state index in [4.69, 9.17) is 0 Å². The van der Waals surface area contributed by atoms with Gasteiger partial charge >= 0.3 is 0 Å². The first-order chi connectivity index (χ1) is 15.6. The zero-order valence-electron chi connectivity index (χ0n) is 17.6. The van der Waals surface area contributed by atoms with Crippen molar-refractivity contribution in [2.45, 2.75) is 13.8 Å². The van der Waals surface area contributed by atoms with Gasteiger partial charge in [0.05, 0.1) is 9.40 Å². The van der Waals surface area contributed by atoms with Crippen molar-refractivity contribution in [1.82, 2.24) is 0 Å². The standard InChI is InChI=1S/C28H18S4/c1-15-5-3-7-17(9-15)21-12-25-27(31-21)19-11-20-24(14-23(19)29-25)30-26-13-22(32-28(20)26)18-8-4-6-16(2)10-18/h3-14H,1-2H3. The third-order valence-electron chi connectivity index (χ3n) is 6.01.